The van der Waals surface area contributed by atoms with Crippen molar-refractivity contribution in [3.05, 3.63) is 0 Å². The number of hydrogen-bond donors (Lipinski definition) is 0. The minimum atomic E-state index is -0.530. The summed E-state index contributed by atoms with van der Waals surface area (Å²) in [6, 6.07) is 0. The maximum absolute atomic E-state index is 10.2. The summed E-state index contributed by atoms with van der Waals surface area (Å²) in [6.45, 7) is 6.08. The Labute approximate surface area is 66.7 Å². The first-order chi connectivity index (χ1) is 4.97. The van der Waals surface area contributed by atoms with Gasteiger partial charge in [-0.15, -0.1) is 0 Å². The van der Waals surface area contributed by atoms with Crippen molar-refractivity contribution < 1.29 is 14.3 Å². The summed E-state index contributed by atoms with van der Waals surface area (Å²) >= 11 is 0. The topological polar surface area (TPSA) is 35.5 Å². The minimum Gasteiger partial charge on any atom is -0.347 e. The molecule has 0 unspecified atom stereocenters. The van der Waals surface area contributed by atoms with Crippen LogP contribution in [0.1, 0.15) is 27.2 Å². The Hall–Kier alpha value is -0.410. The van der Waals surface area contributed by atoms with Crippen molar-refractivity contribution >= 4 is 6.29 Å². The maximum atomic E-state index is 10.2. The average molecular weight is 158 g/mol. The molecule has 0 bridgehead atoms. The van der Waals surface area contributed by atoms with Gasteiger partial charge in [0.2, 0.25) is 0 Å². The van der Waals surface area contributed by atoms with Crippen molar-refractivity contribution in [1.82, 2.24) is 0 Å². The van der Waals surface area contributed by atoms with Gasteiger partial charge >= 0.3 is 0 Å². The predicted molar refractivity (Wildman–Crippen MR) is 40.2 cm³/mol. The smallest absolute Gasteiger partial charge is 0.163 e. The van der Waals surface area contributed by atoms with Crippen LogP contribution in [-0.2, 0) is 14.3 Å². The van der Waals surface area contributed by atoms with Gasteiger partial charge in [-0.3, -0.25) is 0 Å². The molecule has 1 aliphatic rings. The Balaban J connectivity index is 2.57. The van der Waals surface area contributed by atoms with E-state index in [-0.39, 0.29) is 0 Å². The van der Waals surface area contributed by atoms with Crippen LogP contribution in [0.15, 0.2) is 0 Å². The van der Waals surface area contributed by atoms with Gasteiger partial charge < -0.3 is 14.3 Å². The van der Waals surface area contributed by atoms with Gasteiger partial charge in [-0.05, 0) is 20.8 Å². The van der Waals surface area contributed by atoms with Crippen LogP contribution in [-0.4, -0.2) is 24.3 Å². The van der Waals surface area contributed by atoms with E-state index in [9.17, 15) is 4.79 Å². The van der Waals surface area contributed by atoms with Gasteiger partial charge in [0.05, 0.1) is 12.2 Å². The van der Waals surface area contributed by atoms with Crippen molar-refractivity contribution in [3.63, 3.8) is 0 Å². The molecule has 0 N–H and O–H groups in total. The zero-order valence-electron chi connectivity index (χ0n) is 7.22. The second kappa shape index (κ2) is 2.57. The molecule has 1 fully saturated rings. The highest BCUT2D eigenvalue weighted by atomic mass is 16.7. The molecule has 0 aromatic carbocycles. The third-order valence-electron chi connectivity index (χ3n) is 1.73. The van der Waals surface area contributed by atoms with E-state index < -0.39 is 11.4 Å². The molecule has 0 saturated carbocycles. The Morgan fingerprint density at radius 1 is 1.45 bits per heavy atom. The van der Waals surface area contributed by atoms with E-state index in [1.165, 1.54) is 0 Å². The molecule has 1 heterocycles. The van der Waals surface area contributed by atoms with E-state index in [0.717, 1.165) is 6.29 Å². The van der Waals surface area contributed by atoms with Gasteiger partial charge in [-0.25, -0.2) is 0 Å². The molecule has 0 aromatic rings. The lowest BCUT2D eigenvalue weighted by molar-refractivity contribution is -0.159. The molecule has 0 radical (unpaired) electrons. The predicted octanol–water partition coefficient (Wildman–Crippen LogP) is 1.12. The maximum Gasteiger partial charge on any atom is 0.163 e. The van der Waals surface area contributed by atoms with Crippen LogP contribution < -0.4 is 0 Å². The number of carbonyl (C=O) groups excluding carboxylic acids is 1. The number of carbonyl (C=O) groups is 1. The summed E-state index contributed by atoms with van der Waals surface area (Å²) in [5.74, 6) is -0.530. The molecule has 0 spiro atoms. The van der Waals surface area contributed by atoms with Crippen molar-refractivity contribution in [1.29, 1.82) is 0 Å². The van der Waals surface area contributed by atoms with Crippen molar-refractivity contribution in [2.45, 2.75) is 38.6 Å². The number of hydrogen-bond acceptors (Lipinski definition) is 3. The molecule has 1 atom stereocenters. The van der Waals surface area contributed by atoms with Crippen LogP contribution in [0.25, 0.3) is 0 Å². The van der Waals surface area contributed by atoms with E-state index in [2.05, 4.69) is 0 Å². The van der Waals surface area contributed by atoms with Crippen molar-refractivity contribution in [2.75, 3.05) is 6.61 Å². The summed E-state index contributed by atoms with van der Waals surface area (Å²) in [6.07, 6.45) is 1.27. The van der Waals surface area contributed by atoms with Gasteiger partial charge in [0.1, 0.15) is 6.29 Å². The van der Waals surface area contributed by atoms with Gasteiger partial charge in [-0.1, -0.05) is 0 Å². The molecule has 11 heavy (non-hydrogen) atoms. The fraction of sp³-hybridized carbons (Fsp3) is 0.875. The Kier molecular flexibility index (Phi) is 2.03. The SMILES string of the molecule is CC1(C)OC[C@@](C)(CC=O)O1. The van der Waals surface area contributed by atoms with Crippen LogP contribution in [0.3, 0.4) is 0 Å². The van der Waals surface area contributed by atoms with Crippen molar-refractivity contribution in [2.24, 2.45) is 0 Å². The van der Waals surface area contributed by atoms with E-state index in [1.54, 1.807) is 0 Å². The monoisotopic (exact) mass is 158 g/mol. The molecule has 0 aromatic heterocycles. The molecular formula is C8H14O3. The number of aldehydes is 1. The van der Waals surface area contributed by atoms with Crippen LogP contribution in [0.2, 0.25) is 0 Å². The first-order valence-corrected chi connectivity index (χ1v) is 3.75. The fourth-order valence-corrected chi connectivity index (χ4v) is 1.26. The van der Waals surface area contributed by atoms with Gasteiger partial charge in [0.25, 0.3) is 0 Å². The molecule has 3 nitrogen and oxygen atoms in total. The Morgan fingerprint density at radius 2 is 2.09 bits per heavy atom. The standard InChI is InChI=1S/C8H14O3/c1-7(2)10-6-8(3,11-7)4-5-9/h5H,4,6H2,1-3H3/t8-/m1/s1. The van der Waals surface area contributed by atoms with Crippen molar-refractivity contribution in [3.8, 4) is 0 Å². The minimum absolute atomic E-state index is 0.399. The normalized spacial score (nSPS) is 35.5. The zero-order valence-corrected chi connectivity index (χ0v) is 7.22. The first kappa shape index (κ1) is 8.68. The highest BCUT2D eigenvalue weighted by molar-refractivity contribution is 5.51. The number of rotatable bonds is 2. The Bertz CT molecular complexity index is 165. The molecule has 1 rings (SSSR count). The molecule has 0 amide bonds. The molecule has 0 aliphatic carbocycles. The quantitative estimate of drug-likeness (QED) is 0.565. The molecule has 3 heteroatoms. The second-order valence-corrected chi connectivity index (χ2v) is 3.61. The highest BCUT2D eigenvalue weighted by Gasteiger charge is 2.41. The van der Waals surface area contributed by atoms with E-state index in [1.807, 2.05) is 20.8 Å². The lowest BCUT2D eigenvalue weighted by Crippen LogP contribution is -2.31. The third-order valence-corrected chi connectivity index (χ3v) is 1.73. The summed E-state index contributed by atoms with van der Waals surface area (Å²) in [5.41, 5.74) is -0.411. The van der Waals surface area contributed by atoms with E-state index in [4.69, 9.17) is 9.47 Å². The van der Waals surface area contributed by atoms with Crippen LogP contribution in [0.4, 0.5) is 0 Å². The molecule has 1 saturated heterocycles. The summed E-state index contributed by atoms with van der Waals surface area (Å²) in [4.78, 5) is 10.2. The van der Waals surface area contributed by atoms with Crippen LogP contribution in [0, 0.1) is 0 Å². The zero-order chi connectivity index (χ0) is 8.54. The van der Waals surface area contributed by atoms with Crippen LogP contribution >= 0.6 is 0 Å². The lowest BCUT2D eigenvalue weighted by Gasteiger charge is -2.22. The third kappa shape index (κ3) is 2.01. The summed E-state index contributed by atoms with van der Waals surface area (Å²) in [5, 5.41) is 0. The second-order valence-electron chi connectivity index (χ2n) is 3.61. The van der Waals surface area contributed by atoms with Crippen LogP contribution in [0.5, 0.6) is 0 Å². The highest BCUT2D eigenvalue weighted by Crippen LogP contribution is 2.31. The van der Waals surface area contributed by atoms with Gasteiger partial charge in [0.15, 0.2) is 5.79 Å². The Morgan fingerprint density at radius 3 is 2.45 bits per heavy atom. The van der Waals surface area contributed by atoms with E-state index in [0.29, 0.717) is 13.0 Å². The molecular weight excluding hydrogens is 144 g/mol. The summed E-state index contributed by atoms with van der Waals surface area (Å²) < 4.78 is 10.9. The lowest BCUT2D eigenvalue weighted by atomic mass is 10.1. The largest absolute Gasteiger partial charge is 0.347 e. The summed E-state index contributed by atoms with van der Waals surface area (Å²) in [7, 11) is 0. The van der Waals surface area contributed by atoms with Gasteiger partial charge in [0, 0.05) is 6.42 Å². The molecule has 64 valence electrons. The average Bonchev–Trinajstić information content (AvgIpc) is 2.07. The fourth-order valence-electron chi connectivity index (χ4n) is 1.26. The van der Waals surface area contributed by atoms with Gasteiger partial charge in [-0.2, -0.15) is 0 Å². The van der Waals surface area contributed by atoms with E-state index >= 15 is 0 Å². The molecule has 1 aliphatic heterocycles. The first-order valence-electron chi connectivity index (χ1n) is 3.75. The number of ether oxygens (including phenoxy) is 2.